The van der Waals surface area contributed by atoms with E-state index in [1.54, 1.807) is 13.8 Å². The van der Waals surface area contributed by atoms with E-state index in [9.17, 15) is 14.9 Å². The van der Waals surface area contributed by atoms with Gasteiger partial charge in [0.2, 0.25) is 6.33 Å². The highest BCUT2D eigenvalue weighted by Gasteiger charge is 2.28. The van der Waals surface area contributed by atoms with Crippen LogP contribution in [0.15, 0.2) is 6.33 Å². The Morgan fingerprint density at radius 3 is 2.60 bits per heavy atom. The Balaban J connectivity index is 3.02. The fraction of sp³-hybridized carbons (Fsp3) is 0.571. The van der Waals surface area contributed by atoms with Crippen LogP contribution in [0, 0.1) is 16.0 Å². The van der Waals surface area contributed by atoms with Crippen LogP contribution in [-0.4, -0.2) is 30.8 Å². The lowest BCUT2D eigenvalue weighted by Crippen LogP contribution is -2.24. The lowest BCUT2D eigenvalue weighted by atomic mass is 10.1. The van der Waals surface area contributed by atoms with E-state index < -0.39 is 22.9 Å². The lowest BCUT2D eigenvalue weighted by molar-refractivity contribution is -0.394. The second-order valence-corrected chi connectivity index (χ2v) is 3.31. The molecule has 0 aliphatic rings. The normalized spacial score (nSPS) is 12.7. The third-order valence-corrected chi connectivity index (χ3v) is 1.83. The Morgan fingerprint density at radius 2 is 2.27 bits per heavy atom. The van der Waals surface area contributed by atoms with Crippen molar-refractivity contribution < 1.29 is 14.8 Å². The van der Waals surface area contributed by atoms with Gasteiger partial charge in [0, 0.05) is 5.10 Å². The molecule has 1 rings (SSSR count). The molecule has 1 aromatic rings. The fourth-order valence-corrected chi connectivity index (χ4v) is 1.19. The molecule has 0 saturated heterocycles. The van der Waals surface area contributed by atoms with Crippen LogP contribution in [0.5, 0.6) is 0 Å². The molecule has 15 heavy (non-hydrogen) atoms. The molecule has 0 fully saturated rings. The highest BCUT2D eigenvalue weighted by molar-refractivity contribution is 5.71. The summed E-state index contributed by atoms with van der Waals surface area (Å²) in [5.41, 5.74) is 0. The first-order valence-electron chi connectivity index (χ1n) is 4.22. The number of aliphatic carboxylic acids is 1. The topological polar surface area (TPSA) is 111 Å². The smallest absolute Gasteiger partial charge is 0.480 e. The van der Waals surface area contributed by atoms with Gasteiger partial charge < -0.3 is 15.2 Å². The predicted molar refractivity (Wildman–Crippen MR) is 48.2 cm³/mol. The Morgan fingerprint density at radius 1 is 1.67 bits per heavy atom. The molecule has 1 aromatic heterocycles. The predicted octanol–water partition coefficient (Wildman–Crippen LogP) is 0.468. The Hall–Kier alpha value is -1.99. The minimum Gasteiger partial charge on any atom is -0.480 e. The van der Waals surface area contributed by atoms with Crippen LogP contribution >= 0.6 is 0 Å². The van der Waals surface area contributed by atoms with Gasteiger partial charge >= 0.3 is 11.9 Å². The molecule has 0 aliphatic heterocycles. The summed E-state index contributed by atoms with van der Waals surface area (Å²) in [6.45, 7) is 3.37. The van der Waals surface area contributed by atoms with E-state index in [-0.39, 0.29) is 5.92 Å². The number of hydrogen-bond donors (Lipinski definition) is 1. The lowest BCUT2D eigenvalue weighted by Gasteiger charge is -2.12. The van der Waals surface area contributed by atoms with Gasteiger partial charge in [0.25, 0.3) is 0 Å². The maximum absolute atomic E-state index is 10.9. The zero-order valence-electron chi connectivity index (χ0n) is 8.19. The second-order valence-electron chi connectivity index (χ2n) is 3.31. The van der Waals surface area contributed by atoms with E-state index in [2.05, 4.69) is 10.1 Å². The molecule has 0 saturated carbocycles. The number of aromatic nitrogens is 3. The van der Waals surface area contributed by atoms with Crippen molar-refractivity contribution in [1.29, 1.82) is 0 Å². The van der Waals surface area contributed by atoms with Gasteiger partial charge in [-0.15, -0.1) is 0 Å². The Kier molecular flexibility index (Phi) is 2.98. The fourth-order valence-electron chi connectivity index (χ4n) is 1.19. The van der Waals surface area contributed by atoms with E-state index in [1.165, 1.54) is 0 Å². The number of nitro groups is 1. The van der Waals surface area contributed by atoms with Gasteiger partial charge in [-0.05, 0) is 10.8 Å². The van der Waals surface area contributed by atoms with Crippen LogP contribution in [0.1, 0.15) is 19.9 Å². The molecule has 8 nitrogen and oxygen atoms in total. The van der Waals surface area contributed by atoms with E-state index >= 15 is 0 Å². The molecule has 0 amide bonds. The molecule has 0 aliphatic carbocycles. The molecule has 0 spiro atoms. The van der Waals surface area contributed by atoms with Gasteiger partial charge in [-0.1, -0.05) is 18.8 Å². The van der Waals surface area contributed by atoms with Crippen molar-refractivity contribution in [2.45, 2.75) is 19.9 Å². The quantitative estimate of drug-likeness (QED) is 0.575. The van der Waals surface area contributed by atoms with Crippen molar-refractivity contribution in [2.24, 2.45) is 5.92 Å². The van der Waals surface area contributed by atoms with Gasteiger partial charge in [0.15, 0.2) is 6.04 Å². The van der Waals surface area contributed by atoms with Crippen molar-refractivity contribution in [3.63, 3.8) is 0 Å². The highest BCUT2D eigenvalue weighted by atomic mass is 16.6. The molecule has 0 radical (unpaired) electrons. The number of carbonyl (C=O) groups is 1. The standard InChI is InChI=1S/C7H10N4O4/c1-4(2)5(6(12)13)10-3-8-7(9-10)11(14)15/h3-5H,1-2H3,(H,12,13). The summed E-state index contributed by atoms with van der Waals surface area (Å²) in [4.78, 5) is 23.8. The first-order chi connectivity index (χ1) is 6.93. The molecular formula is C7H10N4O4. The summed E-state index contributed by atoms with van der Waals surface area (Å²) in [5.74, 6) is -1.92. The molecule has 0 aromatic carbocycles. The van der Waals surface area contributed by atoms with Crippen LogP contribution in [0.3, 0.4) is 0 Å². The van der Waals surface area contributed by atoms with Crippen LogP contribution in [-0.2, 0) is 4.79 Å². The second kappa shape index (κ2) is 4.03. The van der Waals surface area contributed by atoms with Crippen molar-refractivity contribution in [3.05, 3.63) is 16.4 Å². The largest absolute Gasteiger partial charge is 0.490 e. The number of rotatable bonds is 4. The summed E-state index contributed by atoms with van der Waals surface area (Å²) in [6.07, 6.45) is 1.05. The van der Waals surface area contributed by atoms with Crippen molar-refractivity contribution in [3.8, 4) is 0 Å². The Labute approximate surface area is 84.7 Å². The van der Waals surface area contributed by atoms with Gasteiger partial charge in [-0.2, -0.15) is 4.68 Å². The summed E-state index contributed by atoms with van der Waals surface area (Å²) in [6, 6.07) is -0.939. The molecule has 8 heteroatoms. The molecule has 1 N–H and O–H groups in total. The third-order valence-electron chi connectivity index (χ3n) is 1.83. The van der Waals surface area contributed by atoms with E-state index in [1.807, 2.05) is 0 Å². The minimum absolute atomic E-state index is 0.233. The van der Waals surface area contributed by atoms with Gasteiger partial charge in [0.05, 0.1) is 0 Å². The summed E-state index contributed by atoms with van der Waals surface area (Å²) >= 11 is 0. The van der Waals surface area contributed by atoms with Crippen LogP contribution in [0.4, 0.5) is 5.95 Å². The molecule has 1 unspecified atom stereocenters. The first kappa shape index (κ1) is 11.1. The molecule has 0 bridgehead atoms. The van der Waals surface area contributed by atoms with Crippen LogP contribution in [0.2, 0.25) is 0 Å². The van der Waals surface area contributed by atoms with Crippen molar-refractivity contribution in [1.82, 2.24) is 14.8 Å². The van der Waals surface area contributed by atoms with Crippen LogP contribution < -0.4 is 0 Å². The Bertz CT molecular complexity index is 386. The number of nitrogens with zero attached hydrogens (tertiary/aromatic N) is 4. The maximum atomic E-state index is 10.9. The van der Waals surface area contributed by atoms with Gasteiger partial charge in [-0.25, -0.2) is 4.79 Å². The molecule has 1 atom stereocenters. The SMILES string of the molecule is CC(C)C(C(=O)O)n1cnc([N+](=O)[O-])n1. The molecular weight excluding hydrogens is 204 g/mol. The summed E-state index contributed by atoms with van der Waals surface area (Å²) < 4.78 is 0.991. The minimum atomic E-state index is -1.09. The first-order valence-corrected chi connectivity index (χ1v) is 4.22. The molecule has 1 heterocycles. The maximum Gasteiger partial charge on any atom is 0.490 e. The number of carboxylic acids is 1. The average Bonchev–Trinajstić information content (AvgIpc) is 2.51. The zero-order chi connectivity index (χ0) is 11.6. The van der Waals surface area contributed by atoms with Gasteiger partial charge in [0.1, 0.15) is 0 Å². The average molecular weight is 214 g/mol. The monoisotopic (exact) mass is 214 g/mol. The molecule has 82 valence electrons. The number of carboxylic acid groups (broad SMARTS) is 1. The van der Waals surface area contributed by atoms with Crippen LogP contribution in [0.25, 0.3) is 0 Å². The van der Waals surface area contributed by atoms with E-state index in [0.717, 1.165) is 11.0 Å². The van der Waals surface area contributed by atoms with E-state index in [4.69, 9.17) is 5.11 Å². The zero-order valence-corrected chi connectivity index (χ0v) is 8.19. The van der Waals surface area contributed by atoms with Crippen molar-refractivity contribution >= 4 is 11.9 Å². The highest BCUT2D eigenvalue weighted by Crippen LogP contribution is 2.17. The van der Waals surface area contributed by atoms with E-state index in [0.29, 0.717) is 0 Å². The van der Waals surface area contributed by atoms with Gasteiger partial charge in [-0.3, -0.25) is 0 Å². The number of hydrogen-bond acceptors (Lipinski definition) is 5. The summed E-state index contributed by atoms with van der Waals surface area (Å²) in [5, 5.41) is 22.7. The van der Waals surface area contributed by atoms with Crippen molar-refractivity contribution in [2.75, 3.05) is 0 Å². The summed E-state index contributed by atoms with van der Waals surface area (Å²) in [7, 11) is 0. The third kappa shape index (κ3) is 2.27.